The highest BCUT2D eigenvalue weighted by Crippen LogP contribution is 2.08. The van der Waals surface area contributed by atoms with E-state index in [2.05, 4.69) is 10.6 Å². The summed E-state index contributed by atoms with van der Waals surface area (Å²) in [6.45, 7) is 4.01. The summed E-state index contributed by atoms with van der Waals surface area (Å²) in [4.78, 5) is 23.6. The van der Waals surface area contributed by atoms with Crippen molar-refractivity contribution in [2.45, 2.75) is 26.3 Å². The van der Waals surface area contributed by atoms with E-state index in [1.165, 1.54) is 4.88 Å². The van der Waals surface area contributed by atoms with Crippen LogP contribution in [-0.4, -0.2) is 29.7 Å². The second-order valence-corrected chi connectivity index (χ2v) is 5.32. The van der Waals surface area contributed by atoms with E-state index in [-0.39, 0.29) is 5.92 Å². The van der Waals surface area contributed by atoms with Gasteiger partial charge in [0, 0.05) is 11.4 Å². The number of carbonyl (C=O) groups is 2. The number of hydrogen-bond acceptors (Lipinski definition) is 3. The highest BCUT2D eigenvalue weighted by molar-refractivity contribution is 7.09. The molecule has 0 aromatic carbocycles. The third kappa shape index (κ3) is 4.75. The molecule has 0 saturated heterocycles. The maximum absolute atomic E-state index is 11.5. The Morgan fingerprint density at radius 3 is 2.67 bits per heavy atom. The van der Waals surface area contributed by atoms with E-state index in [0.29, 0.717) is 6.54 Å². The number of nitrogens with one attached hydrogen (secondary N) is 2. The summed E-state index contributed by atoms with van der Waals surface area (Å²) in [5.74, 6) is -1.16. The third-order valence-corrected chi connectivity index (χ3v) is 3.39. The van der Waals surface area contributed by atoms with Gasteiger partial charge in [0.05, 0.1) is 0 Å². The molecule has 0 bridgehead atoms. The van der Waals surface area contributed by atoms with Crippen molar-refractivity contribution in [3.05, 3.63) is 22.4 Å². The molecule has 1 rings (SSSR count). The Bertz CT molecular complexity index is 390. The number of urea groups is 1. The van der Waals surface area contributed by atoms with Crippen LogP contribution >= 0.6 is 11.3 Å². The molecule has 0 aliphatic rings. The van der Waals surface area contributed by atoms with Crippen LogP contribution in [0.2, 0.25) is 0 Å². The predicted molar refractivity (Wildman–Crippen MR) is 70.8 cm³/mol. The maximum atomic E-state index is 11.5. The first-order chi connectivity index (χ1) is 8.50. The zero-order valence-electron chi connectivity index (χ0n) is 10.5. The van der Waals surface area contributed by atoms with Crippen molar-refractivity contribution in [2.75, 3.05) is 6.54 Å². The van der Waals surface area contributed by atoms with Crippen LogP contribution in [0.15, 0.2) is 17.5 Å². The fourth-order valence-corrected chi connectivity index (χ4v) is 2.17. The van der Waals surface area contributed by atoms with Gasteiger partial charge in [0.1, 0.15) is 6.04 Å². The molecule has 0 spiro atoms. The Morgan fingerprint density at radius 1 is 1.44 bits per heavy atom. The lowest BCUT2D eigenvalue weighted by Crippen LogP contribution is -2.48. The fourth-order valence-electron chi connectivity index (χ4n) is 1.46. The number of thiophene rings is 1. The van der Waals surface area contributed by atoms with Crippen molar-refractivity contribution >= 4 is 23.3 Å². The number of carbonyl (C=O) groups excluding carboxylic acids is 1. The molecule has 1 atom stereocenters. The number of carboxylic acid groups (broad SMARTS) is 1. The number of aliphatic carboxylic acids is 1. The van der Waals surface area contributed by atoms with E-state index in [1.807, 2.05) is 17.5 Å². The van der Waals surface area contributed by atoms with Crippen molar-refractivity contribution in [2.24, 2.45) is 5.92 Å². The minimum atomic E-state index is -1.02. The van der Waals surface area contributed by atoms with Gasteiger partial charge in [-0.2, -0.15) is 0 Å². The monoisotopic (exact) mass is 270 g/mol. The van der Waals surface area contributed by atoms with Gasteiger partial charge in [-0.25, -0.2) is 9.59 Å². The molecule has 0 aliphatic carbocycles. The maximum Gasteiger partial charge on any atom is 0.326 e. The highest BCUT2D eigenvalue weighted by Gasteiger charge is 2.22. The van der Waals surface area contributed by atoms with E-state index in [0.717, 1.165) is 6.42 Å². The highest BCUT2D eigenvalue weighted by atomic mass is 32.1. The smallest absolute Gasteiger partial charge is 0.326 e. The molecular weight excluding hydrogens is 252 g/mol. The van der Waals surface area contributed by atoms with E-state index >= 15 is 0 Å². The summed E-state index contributed by atoms with van der Waals surface area (Å²) >= 11 is 1.63. The fraction of sp³-hybridized carbons (Fsp3) is 0.500. The second-order valence-electron chi connectivity index (χ2n) is 4.29. The molecule has 3 N–H and O–H groups in total. The first-order valence-corrected chi connectivity index (χ1v) is 6.68. The molecule has 0 aliphatic heterocycles. The topological polar surface area (TPSA) is 78.4 Å². The summed E-state index contributed by atoms with van der Waals surface area (Å²) in [5, 5.41) is 16.0. The lowest BCUT2D eigenvalue weighted by molar-refractivity contribution is -0.140. The molecule has 100 valence electrons. The van der Waals surface area contributed by atoms with Crippen LogP contribution in [0, 0.1) is 5.92 Å². The first kappa shape index (κ1) is 14.5. The van der Waals surface area contributed by atoms with E-state index in [1.54, 1.807) is 25.2 Å². The van der Waals surface area contributed by atoms with Gasteiger partial charge in [0.15, 0.2) is 0 Å². The summed E-state index contributed by atoms with van der Waals surface area (Å²) < 4.78 is 0. The number of hydrogen-bond donors (Lipinski definition) is 3. The lowest BCUT2D eigenvalue weighted by atomic mass is 10.1. The molecule has 18 heavy (non-hydrogen) atoms. The molecule has 1 heterocycles. The molecule has 5 nitrogen and oxygen atoms in total. The largest absolute Gasteiger partial charge is 0.480 e. The molecule has 0 saturated carbocycles. The standard InChI is InChI=1S/C12H18N2O3S/c1-8(2)10(11(15)16)14-12(17)13-6-5-9-4-3-7-18-9/h3-4,7-8,10H,5-6H2,1-2H3,(H,15,16)(H2,13,14,17). The zero-order chi connectivity index (χ0) is 13.5. The Hall–Kier alpha value is -1.56. The summed E-state index contributed by atoms with van der Waals surface area (Å²) in [7, 11) is 0. The first-order valence-electron chi connectivity index (χ1n) is 5.80. The van der Waals surface area contributed by atoms with Crippen molar-refractivity contribution in [3.8, 4) is 0 Å². The van der Waals surface area contributed by atoms with E-state index in [9.17, 15) is 9.59 Å². The van der Waals surface area contributed by atoms with Gasteiger partial charge in [-0.05, 0) is 23.8 Å². The lowest BCUT2D eigenvalue weighted by Gasteiger charge is -2.18. The van der Waals surface area contributed by atoms with Crippen LogP contribution in [0.5, 0.6) is 0 Å². The second kappa shape index (κ2) is 7.00. The van der Waals surface area contributed by atoms with Gasteiger partial charge in [-0.1, -0.05) is 19.9 Å². The van der Waals surface area contributed by atoms with Crippen LogP contribution in [0.4, 0.5) is 4.79 Å². The average Bonchev–Trinajstić information content (AvgIpc) is 2.78. The van der Waals surface area contributed by atoms with Gasteiger partial charge in [0.2, 0.25) is 0 Å². The number of rotatable bonds is 6. The third-order valence-electron chi connectivity index (χ3n) is 2.46. The van der Waals surface area contributed by atoms with Crippen LogP contribution in [0.3, 0.4) is 0 Å². The van der Waals surface area contributed by atoms with Crippen LogP contribution in [0.25, 0.3) is 0 Å². The van der Waals surface area contributed by atoms with Crippen LogP contribution in [-0.2, 0) is 11.2 Å². The Labute approximate surface area is 110 Å². The van der Waals surface area contributed by atoms with Gasteiger partial charge in [0.25, 0.3) is 0 Å². The summed E-state index contributed by atoms with van der Waals surface area (Å²) in [6.07, 6.45) is 0.754. The normalized spacial score (nSPS) is 12.2. The van der Waals surface area contributed by atoms with Crippen molar-refractivity contribution in [1.82, 2.24) is 10.6 Å². The summed E-state index contributed by atoms with van der Waals surface area (Å²) in [6, 6.07) is 2.66. The minimum Gasteiger partial charge on any atom is -0.480 e. The van der Waals surface area contributed by atoms with E-state index in [4.69, 9.17) is 5.11 Å². The van der Waals surface area contributed by atoms with Crippen molar-refractivity contribution < 1.29 is 14.7 Å². The molecule has 0 radical (unpaired) electrons. The molecule has 1 aromatic heterocycles. The number of carboxylic acids is 1. The van der Waals surface area contributed by atoms with Gasteiger partial charge < -0.3 is 15.7 Å². The Balaban J connectivity index is 2.30. The Kier molecular flexibility index (Phi) is 5.64. The molecule has 1 aromatic rings. The van der Waals surface area contributed by atoms with Crippen LogP contribution < -0.4 is 10.6 Å². The minimum absolute atomic E-state index is 0.148. The molecule has 0 fully saturated rings. The van der Waals surface area contributed by atoms with Crippen molar-refractivity contribution in [1.29, 1.82) is 0 Å². The van der Waals surface area contributed by atoms with Gasteiger partial charge in [-0.15, -0.1) is 11.3 Å². The zero-order valence-corrected chi connectivity index (χ0v) is 11.3. The number of amides is 2. The average molecular weight is 270 g/mol. The molecular formula is C12H18N2O3S. The Morgan fingerprint density at radius 2 is 2.17 bits per heavy atom. The molecule has 1 unspecified atom stereocenters. The SMILES string of the molecule is CC(C)C(NC(=O)NCCc1cccs1)C(=O)O. The van der Waals surface area contributed by atoms with Crippen LogP contribution in [0.1, 0.15) is 18.7 Å². The van der Waals surface area contributed by atoms with Gasteiger partial charge >= 0.3 is 12.0 Å². The quantitative estimate of drug-likeness (QED) is 0.736. The molecule has 6 heteroatoms. The van der Waals surface area contributed by atoms with Gasteiger partial charge in [-0.3, -0.25) is 0 Å². The summed E-state index contributed by atoms with van der Waals surface area (Å²) in [5.41, 5.74) is 0. The van der Waals surface area contributed by atoms with Crippen molar-refractivity contribution in [3.63, 3.8) is 0 Å². The van der Waals surface area contributed by atoms with E-state index < -0.39 is 18.0 Å². The molecule has 2 amide bonds. The predicted octanol–water partition coefficient (Wildman–Crippen LogP) is 1.70.